The second-order valence-corrected chi connectivity index (χ2v) is 6.53. The Morgan fingerprint density at radius 3 is 2.57 bits per heavy atom. The van der Waals surface area contributed by atoms with Crippen molar-refractivity contribution in [2.24, 2.45) is 5.92 Å². The van der Waals surface area contributed by atoms with Crippen molar-refractivity contribution in [3.63, 3.8) is 0 Å². The molecule has 0 radical (unpaired) electrons. The number of amides is 2. The SMILES string of the molecule is O=C(NCC1(O)CCOCC1)NC(c1ccc(F)cc1)C1CC1. The van der Waals surface area contributed by atoms with Crippen LogP contribution in [0.5, 0.6) is 0 Å². The van der Waals surface area contributed by atoms with Gasteiger partial charge in [0.2, 0.25) is 0 Å². The summed E-state index contributed by atoms with van der Waals surface area (Å²) in [6, 6.07) is 5.84. The van der Waals surface area contributed by atoms with Crippen molar-refractivity contribution in [2.45, 2.75) is 37.3 Å². The Morgan fingerprint density at radius 2 is 1.96 bits per heavy atom. The fourth-order valence-electron chi connectivity index (χ4n) is 2.94. The van der Waals surface area contributed by atoms with Gasteiger partial charge in [-0.25, -0.2) is 9.18 Å². The van der Waals surface area contributed by atoms with Crippen molar-refractivity contribution in [2.75, 3.05) is 19.8 Å². The van der Waals surface area contributed by atoms with E-state index in [1.807, 2.05) is 0 Å². The molecule has 6 heteroatoms. The normalized spacial score (nSPS) is 21.5. The monoisotopic (exact) mass is 322 g/mol. The zero-order chi connectivity index (χ0) is 16.3. The van der Waals surface area contributed by atoms with E-state index in [2.05, 4.69) is 10.6 Å². The highest BCUT2D eigenvalue weighted by Crippen LogP contribution is 2.40. The van der Waals surface area contributed by atoms with Crippen LogP contribution in [-0.4, -0.2) is 36.5 Å². The van der Waals surface area contributed by atoms with Gasteiger partial charge in [0.05, 0.1) is 11.6 Å². The molecule has 2 fully saturated rings. The molecule has 1 saturated heterocycles. The standard InChI is InChI=1S/C17H23FN2O3/c18-14-5-3-13(4-6-14)15(12-1-2-12)20-16(21)19-11-17(22)7-9-23-10-8-17/h3-6,12,15,22H,1-2,7-11H2,(H2,19,20,21). The van der Waals surface area contributed by atoms with Crippen LogP contribution in [0.2, 0.25) is 0 Å². The van der Waals surface area contributed by atoms with Gasteiger partial charge in [-0.2, -0.15) is 0 Å². The Morgan fingerprint density at radius 1 is 1.30 bits per heavy atom. The Labute approximate surface area is 135 Å². The van der Waals surface area contributed by atoms with Crippen LogP contribution in [0.15, 0.2) is 24.3 Å². The van der Waals surface area contributed by atoms with E-state index in [-0.39, 0.29) is 24.4 Å². The zero-order valence-electron chi connectivity index (χ0n) is 13.1. The number of benzene rings is 1. The van der Waals surface area contributed by atoms with Crippen LogP contribution in [0.25, 0.3) is 0 Å². The number of rotatable bonds is 5. The fraction of sp³-hybridized carbons (Fsp3) is 0.588. The summed E-state index contributed by atoms with van der Waals surface area (Å²) in [6.07, 6.45) is 3.17. The van der Waals surface area contributed by atoms with Gasteiger partial charge in [0.15, 0.2) is 0 Å². The van der Waals surface area contributed by atoms with Gasteiger partial charge in [-0.15, -0.1) is 0 Å². The first kappa shape index (κ1) is 16.2. The summed E-state index contributed by atoms with van der Waals surface area (Å²) in [5, 5.41) is 16.1. The van der Waals surface area contributed by atoms with E-state index in [4.69, 9.17) is 4.74 Å². The van der Waals surface area contributed by atoms with Gasteiger partial charge in [-0.1, -0.05) is 12.1 Å². The summed E-state index contributed by atoms with van der Waals surface area (Å²) in [5.41, 5.74) is 0.0226. The lowest BCUT2D eigenvalue weighted by Gasteiger charge is -2.32. The Balaban J connectivity index is 1.55. The maximum atomic E-state index is 13.1. The molecule has 1 aliphatic carbocycles. The molecule has 1 saturated carbocycles. The number of ether oxygens (including phenoxy) is 1. The summed E-state index contributed by atoms with van der Waals surface area (Å²) >= 11 is 0. The molecule has 5 nitrogen and oxygen atoms in total. The molecule has 0 bridgehead atoms. The average molecular weight is 322 g/mol. The number of hydrogen-bond donors (Lipinski definition) is 3. The molecular formula is C17H23FN2O3. The van der Waals surface area contributed by atoms with E-state index in [9.17, 15) is 14.3 Å². The average Bonchev–Trinajstić information content (AvgIpc) is 3.37. The largest absolute Gasteiger partial charge is 0.388 e. The van der Waals surface area contributed by atoms with E-state index in [0.717, 1.165) is 18.4 Å². The molecule has 0 spiro atoms. The van der Waals surface area contributed by atoms with Gasteiger partial charge in [0, 0.05) is 32.6 Å². The summed E-state index contributed by atoms with van der Waals surface area (Å²) in [7, 11) is 0. The zero-order valence-corrected chi connectivity index (χ0v) is 13.1. The lowest BCUT2D eigenvalue weighted by Crippen LogP contribution is -2.49. The third-order valence-electron chi connectivity index (χ3n) is 4.61. The van der Waals surface area contributed by atoms with Crippen LogP contribution in [0, 0.1) is 11.7 Å². The highest BCUT2D eigenvalue weighted by Gasteiger charge is 2.34. The van der Waals surface area contributed by atoms with Gasteiger partial charge >= 0.3 is 6.03 Å². The number of nitrogens with one attached hydrogen (secondary N) is 2. The van der Waals surface area contributed by atoms with Crippen LogP contribution in [0.3, 0.4) is 0 Å². The summed E-state index contributed by atoms with van der Waals surface area (Å²) in [5.74, 6) is 0.117. The lowest BCUT2D eigenvalue weighted by molar-refractivity contribution is -0.0600. The van der Waals surface area contributed by atoms with Crippen molar-refractivity contribution < 1.29 is 19.0 Å². The highest BCUT2D eigenvalue weighted by atomic mass is 19.1. The first-order chi connectivity index (χ1) is 11.1. The molecule has 0 aromatic heterocycles. The Kier molecular flexibility index (Phi) is 4.82. The number of halogens is 1. The number of hydrogen-bond acceptors (Lipinski definition) is 3. The minimum absolute atomic E-state index is 0.111. The van der Waals surface area contributed by atoms with Crippen molar-refractivity contribution in [1.29, 1.82) is 0 Å². The molecule has 1 atom stereocenters. The minimum Gasteiger partial charge on any atom is -0.388 e. The quantitative estimate of drug-likeness (QED) is 0.778. The summed E-state index contributed by atoms with van der Waals surface area (Å²) in [6.45, 7) is 1.24. The van der Waals surface area contributed by atoms with Crippen molar-refractivity contribution in [3.8, 4) is 0 Å². The van der Waals surface area contributed by atoms with Crippen LogP contribution in [-0.2, 0) is 4.74 Å². The minimum atomic E-state index is -0.888. The van der Waals surface area contributed by atoms with Crippen LogP contribution >= 0.6 is 0 Å². The second-order valence-electron chi connectivity index (χ2n) is 6.53. The second kappa shape index (κ2) is 6.84. The van der Waals surface area contributed by atoms with Crippen molar-refractivity contribution >= 4 is 6.03 Å². The molecule has 1 aromatic carbocycles. The fourth-order valence-corrected chi connectivity index (χ4v) is 2.94. The van der Waals surface area contributed by atoms with Gasteiger partial charge in [0.25, 0.3) is 0 Å². The molecule has 2 aliphatic rings. The maximum absolute atomic E-state index is 13.1. The number of carbonyl (C=O) groups excluding carboxylic acids is 1. The molecule has 1 aromatic rings. The molecule has 1 unspecified atom stereocenters. The predicted octanol–water partition coefficient (Wildman–Crippen LogP) is 2.12. The maximum Gasteiger partial charge on any atom is 0.315 e. The molecule has 3 rings (SSSR count). The van der Waals surface area contributed by atoms with Crippen molar-refractivity contribution in [1.82, 2.24) is 10.6 Å². The number of aliphatic hydroxyl groups is 1. The lowest BCUT2D eigenvalue weighted by atomic mass is 9.94. The van der Waals surface area contributed by atoms with Gasteiger partial charge in [-0.05, 0) is 36.5 Å². The van der Waals surface area contributed by atoms with Gasteiger partial charge < -0.3 is 20.5 Å². The predicted molar refractivity (Wildman–Crippen MR) is 83.4 cm³/mol. The van der Waals surface area contributed by atoms with E-state index >= 15 is 0 Å². The summed E-state index contributed by atoms with van der Waals surface area (Å²) in [4.78, 5) is 12.2. The molecule has 1 heterocycles. The first-order valence-electron chi connectivity index (χ1n) is 8.16. The topological polar surface area (TPSA) is 70.6 Å². The smallest absolute Gasteiger partial charge is 0.315 e. The third-order valence-corrected chi connectivity index (χ3v) is 4.61. The van der Waals surface area contributed by atoms with E-state index in [1.54, 1.807) is 12.1 Å². The Bertz CT molecular complexity index is 539. The van der Waals surface area contributed by atoms with Gasteiger partial charge in [0.1, 0.15) is 5.82 Å². The van der Waals surface area contributed by atoms with Crippen LogP contribution < -0.4 is 10.6 Å². The van der Waals surface area contributed by atoms with Gasteiger partial charge in [-0.3, -0.25) is 0 Å². The molecule has 126 valence electrons. The van der Waals surface area contributed by atoms with E-state index in [1.165, 1.54) is 12.1 Å². The number of carbonyl (C=O) groups is 1. The first-order valence-corrected chi connectivity index (χ1v) is 8.16. The molecule has 3 N–H and O–H groups in total. The van der Waals surface area contributed by atoms with E-state index < -0.39 is 5.60 Å². The Hall–Kier alpha value is -1.66. The third kappa shape index (κ3) is 4.42. The van der Waals surface area contributed by atoms with Crippen molar-refractivity contribution in [3.05, 3.63) is 35.6 Å². The van der Waals surface area contributed by atoms with Crippen LogP contribution in [0.1, 0.15) is 37.3 Å². The number of urea groups is 1. The molecular weight excluding hydrogens is 299 g/mol. The highest BCUT2D eigenvalue weighted by molar-refractivity contribution is 5.74. The molecule has 1 aliphatic heterocycles. The molecule has 23 heavy (non-hydrogen) atoms. The van der Waals surface area contributed by atoms with Crippen LogP contribution in [0.4, 0.5) is 9.18 Å². The van der Waals surface area contributed by atoms with E-state index in [0.29, 0.717) is 32.0 Å². The molecule has 2 amide bonds. The summed E-state index contributed by atoms with van der Waals surface area (Å²) < 4.78 is 18.3.